The molecular formula is C11H20O2. The van der Waals surface area contributed by atoms with Crippen molar-refractivity contribution >= 4 is 5.97 Å². The standard InChI is InChI=1S/C11H20O2/c1-4-8-13-10(12)9-6-5-7-11(9,2)3/h9H,4-8H2,1-3H3. The number of carbonyl (C=O) groups is 1. The Bertz CT molecular complexity index is 185. The van der Waals surface area contributed by atoms with Crippen LogP contribution in [0.3, 0.4) is 0 Å². The number of hydrogen-bond acceptors (Lipinski definition) is 2. The van der Waals surface area contributed by atoms with Crippen LogP contribution in [-0.4, -0.2) is 12.6 Å². The van der Waals surface area contributed by atoms with Gasteiger partial charge in [0.15, 0.2) is 0 Å². The van der Waals surface area contributed by atoms with Crippen LogP contribution in [0.15, 0.2) is 0 Å². The Hall–Kier alpha value is -0.530. The molecule has 0 N–H and O–H groups in total. The summed E-state index contributed by atoms with van der Waals surface area (Å²) >= 11 is 0. The van der Waals surface area contributed by atoms with Gasteiger partial charge in [-0.15, -0.1) is 0 Å². The highest BCUT2D eigenvalue weighted by Crippen LogP contribution is 2.43. The third-order valence-electron chi connectivity index (χ3n) is 2.99. The van der Waals surface area contributed by atoms with Crippen molar-refractivity contribution in [2.45, 2.75) is 46.5 Å². The molecule has 0 radical (unpaired) electrons. The average Bonchev–Trinajstić information content (AvgIpc) is 2.41. The summed E-state index contributed by atoms with van der Waals surface area (Å²) < 4.78 is 5.17. The second-order valence-corrected chi connectivity index (χ2v) is 4.60. The molecule has 2 heteroatoms. The van der Waals surface area contributed by atoms with Gasteiger partial charge in [-0.25, -0.2) is 0 Å². The molecule has 1 unspecified atom stereocenters. The van der Waals surface area contributed by atoms with Gasteiger partial charge in [-0.3, -0.25) is 4.79 Å². The van der Waals surface area contributed by atoms with Gasteiger partial charge in [0.1, 0.15) is 0 Å². The molecule has 76 valence electrons. The molecule has 0 aliphatic heterocycles. The fraction of sp³-hybridized carbons (Fsp3) is 0.909. The minimum Gasteiger partial charge on any atom is -0.465 e. The van der Waals surface area contributed by atoms with Crippen LogP contribution in [-0.2, 0) is 9.53 Å². The van der Waals surface area contributed by atoms with Gasteiger partial charge in [0.05, 0.1) is 12.5 Å². The van der Waals surface area contributed by atoms with Crippen LogP contribution in [0, 0.1) is 11.3 Å². The Morgan fingerprint density at radius 1 is 1.54 bits per heavy atom. The first-order chi connectivity index (χ1) is 6.08. The summed E-state index contributed by atoms with van der Waals surface area (Å²) in [6.45, 7) is 6.92. The molecule has 1 aliphatic carbocycles. The third-order valence-corrected chi connectivity index (χ3v) is 2.99. The van der Waals surface area contributed by atoms with Crippen molar-refractivity contribution in [1.82, 2.24) is 0 Å². The van der Waals surface area contributed by atoms with Gasteiger partial charge in [0.25, 0.3) is 0 Å². The Labute approximate surface area is 80.7 Å². The van der Waals surface area contributed by atoms with E-state index in [4.69, 9.17) is 4.74 Å². The van der Waals surface area contributed by atoms with Crippen molar-refractivity contribution in [1.29, 1.82) is 0 Å². The van der Waals surface area contributed by atoms with E-state index in [1.807, 2.05) is 6.92 Å². The lowest BCUT2D eigenvalue weighted by Gasteiger charge is -2.24. The second-order valence-electron chi connectivity index (χ2n) is 4.60. The van der Waals surface area contributed by atoms with Crippen molar-refractivity contribution in [2.75, 3.05) is 6.61 Å². The largest absolute Gasteiger partial charge is 0.465 e. The maximum atomic E-state index is 11.6. The number of carbonyl (C=O) groups excluding carboxylic acids is 1. The van der Waals surface area contributed by atoms with Crippen molar-refractivity contribution in [3.05, 3.63) is 0 Å². The molecule has 0 amide bonds. The predicted octanol–water partition coefficient (Wildman–Crippen LogP) is 2.77. The van der Waals surface area contributed by atoms with Crippen LogP contribution in [0.1, 0.15) is 46.5 Å². The molecule has 1 aliphatic rings. The van der Waals surface area contributed by atoms with E-state index in [0.29, 0.717) is 6.61 Å². The van der Waals surface area contributed by atoms with Crippen LogP contribution in [0.25, 0.3) is 0 Å². The third kappa shape index (κ3) is 2.45. The van der Waals surface area contributed by atoms with Crippen LogP contribution >= 0.6 is 0 Å². The van der Waals surface area contributed by atoms with Crippen molar-refractivity contribution < 1.29 is 9.53 Å². The van der Waals surface area contributed by atoms with E-state index in [-0.39, 0.29) is 17.3 Å². The Balaban J connectivity index is 2.46. The Kier molecular flexibility index (Phi) is 3.34. The summed E-state index contributed by atoms with van der Waals surface area (Å²) in [7, 11) is 0. The van der Waals surface area contributed by atoms with Gasteiger partial charge in [0, 0.05) is 0 Å². The molecule has 1 fully saturated rings. The molecular weight excluding hydrogens is 164 g/mol. The minimum atomic E-state index is 0.0179. The van der Waals surface area contributed by atoms with E-state index in [9.17, 15) is 4.79 Å². The number of hydrogen-bond donors (Lipinski definition) is 0. The molecule has 0 heterocycles. The molecule has 13 heavy (non-hydrogen) atoms. The van der Waals surface area contributed by atoms with Crippen LogP contribution in [0.4, 0.5) is 0 Å². The van der Waals surface area contributed by atoms with E-state index in [2.05, 4.69) is 13.8 Å². The number of rotatable bonds is 3. The average molecular weight is 184 g/mol. The first-order valence-electron chi connectivity index (χ1n) is 5.24. The normalized spacial score (nSPS) is 25.9. The fourth-order valence-corrected chi connectivity index (χ4v) is 2.07. The van der Waals surface area contributed by atoms with Gasteiger partial charge in [-0.2, -0.15) is 0 Å². The summed E-state index contributed by atoms with van der Waals surface area (Å²) in [5, 5.41) is 0. The lowest BCUT2D eigenvalue weighted by Crippen LogP contribution is -2.27. The molecule has 1 atom stereocenters. The summed E-state index contributed by atoms with van der Waals surface area (Å²) in [6, 6.07) is 0. The Morgan fingerprint density at radius 2 is 2.23 bits per heavy atom. The Morgan fingerprint density at radius 3 is 2.69 bits per heavy atom. The lowest BCUT2D eigenvalue weighted by atomic mass is 9.82. The molecule has 0 saturated heterocycles. The summed E-state index contributed by atoms with van der Waals surface area (Å²) in [6.07, 6.45) is 4.24. The van der Waals surface area contributed by atoms with Crippen molar-refractivity contribution in [3.8, 4) is 0 Å². The minimum absolute atomic E-state index is 0.0179. The van der Waals surface area contributed by atoms with Crippen LogP contribution < -0.4 is 0 Å². The maximum Gasteiger partial charge on any atom is 0.309 e. The molecule has 0 bridgehead atoms. The van der Waals surface area contributed by atoms with Gasteiger partial charge in [0.2, 0.25) is 0 Å². The molecule has 0 spiro atoms. The summed E-state index contributed by atoms with van der Waals surface area (Å²) in [5.74, 6) is 0.156. The van der Waals surface area contributed by atoms with E-state index >= 15 is 0 Å². The fourth-order valence-electron chi connectivity index (χ4n) is 2.07. The van der Waals surface area contributed by atoms with E-state index in [0.717, 1.165) is 19.3 Å². The molecule has 0 aromatic rings. The van der Waals surface area contributed by atoms with Crippen LogP contribution in [0.5, 0.6) is 0 Å². The number of ether oxygens (including phenoxy) is 1. The molecule has 1 rings (SSSR count). The second kappa shape index (κ2) is 4.12. The number of esters is 1. The van der Waals surface area contributed by atoms with Gasteiger partial charge < -0.3 is 4.74 Å². The highest BCUT2D eigenvalue weighted by Gasteiger charge is 2.40. The molecule has 0 aromatic heterocycles. The molecule has 0 aromatic carbocycles. The monoisotopic (exact) mass is 184 g/mol. The van der Waals surface area contributed by atoms with Crippen LogP contribution in [0.2, 0.25) is 0 Å². The first-order valence-corrected chi connectivity index (χ1v) is 5.24. The van der Waals surface area contributed by atoms with E-state index in [1.165, 1.54) is 6.42 Å². The topological polar surface area (TPSA) is 26.3 Å². The zero-order valence-electron chi connectivity index (χ0n) is 8.93. The quantitative estimate of drug-likeness (QED) is 0.630. The molecule has 2 nitrogen and oxygen atoms in total. The van der Waals surface area contributed by atoms with E-state index < -0.39 is 0 Å². The SMILES string of the molecule is CCCOC(=O)C1CCCC1(C)C. The zero-order valence-corrected chi connectivity index (χ0v) is 8.93. The van der Waals surface area contributed by atoms with Gasteiger partial charge >= 0.3 is 5.97 Å². The van der Waals surface area contributed by atoms with Gasteiger partial charge in [-0.05, 0) is 24.7 Å². The highest BCUT2D eigenvalue weighted by atomic mass is 16.5. The van der Waals surface area contributed by atoms with Crippen molar-refractivity contribution in [3.63, 3.8) is 0 Å². The van der Waals surface area contributed by atoms with E-state index in [1.54, 1.807) is 0 Å². The summed E-state index contributed by atoms with van der Waals surface area (Å²) in [5.41, 5.74) is 0.158. The maximum absolute atomic E-state index is 11.6. The lowest BCUT2D eigenvalue weighted by molar-refractivity contribution is -0.151. The smallest absolute Gasteiger partial charge is 0.309 e. The van der Waals surface area contributed by atoms with Gasteiger partial charge in [-0.1, -0.05) is 27.2 Å². The first kappa shape index (κ1) is 10.6. The summed E-state index contributed by atoms with van der Waals surface area (Å²) in [4.78, 5) is 11.6. The van der Waals surface area contributed by atoms with Crippen molar-refractivity contribution in [2.24, 2.45) is 11.3 Å². The highest BCUT2D eigenvalue weighted by molar-refractivity contribution is 5.73. The molecule has 1 saturated carbocycles. The predicted molar refractivity (Wildman–Crippen MR) is 52.4 cm³/mol. The zero-order chi connectivity index (χ0) is 9.90.